The Morgan fingerprint density at radius 1 is 1.29 bits per heavy atom. The van der Waals surface area contributed by atoms with E-state index < -0.39 is 22.7 Å². The van der Waals surface area contributed by atoms with Crippen molar-refractivity contribution in [1.29, 1.82) is 0 Å². The second-order valence-corrected chi connectivity index (χ2v) is 4.49. The predicted octanol–water partition coefficient (Wildman–Crippen LogP) is 3.59. The van der Waals surface area contributed by atoms with Crippen LogP contribution in [0.3, 0.4) is 0 Å². The van der Waals surface area contributed by atoms with E-state index in [9.17, 15) is 18.0 Å². The quantitative estimate of drug-likeness (QED) is 0.890. The van der Waals surface area contributed by atoms with Crippen molar-refractivity contribution in [3.05, 3.63) is 52.8 Å². The second-order valence-electron chi connectivity index (χ2n) is 4.09. The van der Waals surface area contributed by atoms with Crippen molar-refractivity contribution < 1.29 is 18.0 Å². The lowest BCUT2D eigenvalue weighted by Crippen LogP contribution is -2.16. The molecular formula is C13H9ClF3N3O. The summed E-state index contributed by atoms with van der Waals surface area (Å²) in [5, 5.41) is 1.85. The van der Waals surface area contributed by atoms with Crippen LogP contribution in [-0.2, 0) is 6.18 Å². The summed E-state index contributed by atoms with van der Waals surface area (Å²) in [7, 11) is 0. The van der Waals surface area contributed by atoms with Crippen LogP contribution in [0, 0.1) is 0 Å². The van der Waals surface area contributed by atoms with Gasteiger partial charge >= 0.3 is 6.18 Å². The van der Waals surface area contributed by atoms with Gasteiger partial charge in [-0.25, -0.2) is 4.98 Å². The second kappa shape index (κ2) is 5.61. The van der Waals surface area contributed by atoms with E-state index in [1.165, 1.54) is 24.4 Å². The molecular weight excluding hydrogens is 307 g/mol. The molecule has 21 heavy (non-hydrogen) atoms. The standard InChI is InChI=1S/C13H9ClF3N3O/c14-9-4-3-7(6-8(9)13(15,16)17)20-12(21)11-10(18)2-1-5-19-11/h1-6H,18H2,(H,20,21). The predicted molar refractivity (Wildman–Crippen MR) is 73.1 cm³/mol. The molecule has 2 rings (SSSR count). The molecule has 0 spiro atoms. The molecule has 0 aliphatic heterocycles. The molecule has 0 saturated heterocycles. The molecule has 0 aliphatic carbocycles. The molecule has 0 saturated carbocycles. The Balaban J connectivity index is 2.29. The largest absolute Gasteiger partial charge is 0.417 e. The van der Waals surface area contributed by atoms with Crippen LogP contribution in [0.2, 0.25) is 5.02 Å². The summed E-state index contributed by atoms with van der Waals surface area (Å²) in [6.07, 6.45) is -3.25. The highest BCUT2D eigenvalue weighted by molar-refractivity contribution is 6.31. The first-order valence-electron chi connectivity index (χ1n) is 5.67. The summed E-state index contributed by atoms with van der Waals surface area (Å²) in [6.45, 7) is 0. The van der Waals surface area contributed by atoms with Crippen LogP contribution in [0.25, 0.3) is 0 Å². The normalized spacial score (nSPS) is 11.2. The lowest BCUT2D eigenvalue weighted by molar-refractivity contribution is -0.137. The Labute approximate surface area is 122 Å². The molecule has 0 unspecified atom stereocenters. The summed E-state index contributed by atoms with van der Waals surface area (Å²) >= 11 is 5.49. The van der Waals surface area contributed by atoms with Gasteiger partial charge in [-0.3, -0.25) is 4.79 Å². The lowest BCUT2D eigenvalue weighted by Gasteiger charge is -2.12. The molecule has 0 bridgehead atoms. The zero-order valence-electron chi connectivity index (χ0n) is 10.4. The van der Waals surface area contributed by atoms with Gasteiger partial charge in [-0.05, 0) is 30.3 Å². The molecule has 0 fully saturated rings. The number of halogens is 4. The SMILES string of the molecule is Nc1cccnc1C(=O)Nc1ccc(Cl)c(C(F)(F)F)c1. The Morgan fingerprint density at radius 2 is 2.00 bits per heavy atom. The lowest BCUT2D eigenvalue weighted by atomic mass is 10.2. The van der Waals surface area contributed by atoms with E-state index in [1.54, 1.807) is 0 Å². The van der Waals surface area contributed by atoms with Crippen LogP contribution in [0.5, 0.6) is 0 Å². The number of rotatable bonds is 2. The number of hydrogen-bond donors (Lipinski definition) is 2. The van der Waals surface area contributed by atoms with Crippen LogP contribution in [0.15, 0.2) is 36.5 Å². The summed E-state index contributed by atoms with van der Waals surface area (Å²) < 4.78 is 38.2. The fraction of sp³-hybridized carbons (Fsp3) is 0.0769. The van der Waals surface area contributed by atoms with Crippen molar-refractivity contribution in [2.45, 2.75) is 6.18 Å². The molecule has 1 heterocycles. The van der Waals surface area contributed by atoms with Crippen LogP contribution >= 0.6 is 11.6 Å². The number of carbonyl (C=O) groups excluding carboxylic acids is 1. The van der Waals surface area contributed by atoms with Gasteiger partial charge in [0.05, 0.1) is 16.3 Å². The van der Waals surface area contributed by atoms with Gasteiger partial charge in [-0.15, -0.1) is 0 Å². The number of nitrogen functional groups attached to an aromatic ring is 1. The number of amides is 1. The highest BCUT2D eigenvalue weighted by Crippen LogP contribution is 2.36. The zero-order chi connectivity index (χ0) is 15.6. The Kier molecular flexibility index (Phi) is 4.04. The number of benzene rings is 1. The molecule has 1 aromatic carbocycles. The molecule has 4 nitrogen and oxygen atoms in total. The minimum Gasteiger partial charge on any atom is -0.397 e. The first-order chi connectivity index (χ1) is 9.79. The summed E-state index contributed by atoms with van der Waals surface area (Å²) in [5.41, 5.74) is 4.55. The number of aromatic nitrogens is 1. The maximum Gasteiger partial charge on any atom is 0.417 e. The van der Waals surface area contributed by atoms with Crippen LogP contribution in [0.4, 0.5) is 24.5 Å². The van der Waals surface area contributed by atoms with E-state index in [2.05, 4.69) is 10.3 Å². The van der Waals surface area contributed by atoms with Crippen molar-refractivity contribution in [3.63, 3.8) is 0 Å². The minimum absolute atomic E-state index is 0.0539. The highest BCUT2D eigenvalue weighted by Gasteiger charge is 2.33. The summed E-state index contributed by atoms with van der Waals surface area (Å²) in [5.74, 6) is -0.705. The first kappa shape index (κ1) is 15.1. The average molecular weight is 316 g/mol. The smallest absolute Gasteiger partial charge is 0.397 e. The van der Waals surface area contributed by atoms with Crippen molar-refractivity contribution in [3.8, 4) is 0 Å². The van der Waals surface area contributed by atoms with Gasteiger partial charge in [-0.2, -0.15) is 13.2 Å². The van der Waals surface area contributed by atoms with Crippen molar-refractivity contribution >= 4 is 28.9 Å². The monoisotopic (exact) mass is 315 g/mol. The number of nitrogens with one attached hydrogen (secondary N) is 1. The van der Waals surface area contributed by atoms with E-state index in [0.29, 0.717) is 0 Å². The minimum atomic E-state index is -4.61. The third-order valence-corrected chi connectivity index (χ3v) is 2.91. The molecule has 0 aliphatic rings. The number of hydrogen-bond acceptors (Lipinski definition) is 3. The molecule has 3 N–H and O–H groups in total. The maximum absolute atomic E-state index is 12.7. The Hall–Kier alpha value is -2.28. The van der Waals surface area contributed by atoms with Gasteiger partial charge in [0.2, 0.25) is 0 Å². The molecule has 110 valence electrons. The van der Waals surface area contributed by atoms with E-state index in [-0.39, 0.29) is 17.1 Å². The molecule has 0 radical (unpaired) electrons. The molecule has 2 aromatic rings. The van der Waals surface area contributed by atoms with Gasteiger partial charge < -0.3 is 11.1 Å². The molecule has 1 amide bonds. The molecule has 1 aromatic heterocycles. The van der Waals surface area contributed by atoms with Crippen LogP contribution < -0.4 is 11.1 Å². The fourth-order valence-corrected chi connectivity index (χ4v) is 1.84. The van der Waals surface area contributed by atoms with E-state index in [4.69, 9.17) is 17.3 Å². The third kappa shape index (κ3) is 3.43. The maximum atomic E-state index is 12.7. The zero-order valence-corrected chi connectivity index (χ0v) is 11.2. The van der Waals surface area contributed by atoms with Crippen molar-refractivity contribution in [2.75, 3.05) is 11.1 Å². The van der Waals surface area contributed by atoms with Gasteiger partial charge in [-0.1, -0.05) is 11.6 Å². The number of carbonyl (C=O) groups is 1. The third-order valence-electron chi connectivity index (χ3n) is 2.58. The number of nitrogens with zero attached hydrogens (tertiary/aromatic N) is 1. The van der Waals surface area contributed by atoms with Gasteiger partial charge in [0.15, 0.2) is 5.69 Å². The van der Waals surface area contributed by atoms with Gasteiger partial charge in [0, 0.05) is 11.9 Å². The summed E-state index contributed by atoms with van der Waals surface area (Å²) in [6, 6.07) is 6.07. The Morgan fingerprint density at radius 3 is 2.62 bits per heavy atom. The first-order valence-corrected chi connectivity index (χ1v) is 6.05. The number of pyridine rings is 1. The van der Waals surface area contributed by atoms with Crippen LogP contribution in [-0.4, -0.2) is 10.9 Å². The van der Waals surface area contributed by atoms with Crippen LogP contribution in [0.1, 0.15) is 16.1 Å². The summed E-state index contributed by atoms with van der Waals surface area (Å²) in [4.78, 5) is 15.7. The van der Waals surface area contributed by atoms with Gasteiger partial charge in [0.1, 0.15) is 0 Å². The van der Waals surface area contributed by atoms with Gasteiger partial charge in [0.25, 0.3) is 5.91 Å². The average Bonchev–Trinajstić information content (AvgIpc) is 2.40. The molecule has 8 heteroatoms. The van der Waals surface area contributed by atoms with E-state index in [1.807, 2.05) is 0 Å². The van der Waals surface area contributed by atoms with Crippen molar-refractivity contribution in [2.24, 2.45) is 0 Å². The highest BCUT2D eigenvalue weighted by atomic mass is 35.5. The van der Waals surface area contributed by atoms with E-state index in [0.717, 1.165) is 12.1 Å². The molecule has 0 atom stereocenters. The van der Waals surface area contributed by atoms with Crippen molar-refractivity contribution in [1.82, 2.24) is 4.98 Å². The van der Waals surface area contributed by atoms with E-state index >= 15 is 0 Å². The number of alkyl halides is 3. The Bertz CT molecular complexity index is 689. The topological polar surface area (TPSA) is 68.0 Å². The fourth-order valence-electron chi connectivity index (χ4n) is 1.62. The number of anilines is 2. The number of nitrogens with two attached hydrogens (primary N) is 1.